The summed E-state index contributed by atoms with van der Waals surface area (Å²) in [7, 11) is 0. The topological polar surface area (TPSA) is 86.7 Å². The van der Waals surface area contributed by atoms with Crippen LogP contribution in [0, 0.1) is 13.8 Å². The van der Waals surface area contributed by atoms with E-state index in [2.05, 4.69) is 5.32 Å². The molecule has 3 amide bonds. The SMILES string of the molecule is Cc1ccc(N2C(=O)SC(CC(=O)NCCO)C2=O)c(C)c1. The third-order valence-corrected chi connectivity index (χ3v) is 4.36. The van der Waals surface area contributed by atoms with Crippen LogP contribution in [0.1, 0.15) is 17.5 Å². The van der Waals surface area contributed by atoms with E-state index in [0.29, 0.717) is 5.69 Å². The number of anilines is 1. The molecule has 1 unspecified atom stereocenters. The molecule has 118 valence electrons. The summed E-state index contributed by atoms with van der Waals surface area (Å²) >= 11 is 0.865. The van der Waals surface area contributed by atoms with Crippen molar-refractivity contribution < 1.29 is 19.5 Å². The zero-order valence-corrected chi connectivity index (χ0v) is 13.3. The van der Waals surface area contributed by atoms with Crippen LogP contribution in [-0.2, 0) is 9.59 Å². The van der Waals surface area contributed by atoms with Gasteiger partial charge in [-0.15, -0.1) is 0 Å². The highest BCUT2D eigenvalue weighted by molar-refractivity contribution is 8.15. The van der Waals surface area contributed by atoms with E-state index in [0.717, 1.165) is 27.8 Å². The molecular formula is C15H18N2O4S. The second kappa shape index (κ2) is 6.93. The number of thioether (sulfide) groups is 1. The second-order valence-electron chi connectivity index (χ2n) is 5.11. The van der Waals surface area contributed by atoms with Crippen LogP contribution in [-0.4, -0.2) is 40.6 Å². The quantitative estimate of drug-likeness (QED) is 0.855. The summed E-state index contributed by atoms with van der Waals surface area (Å²) in [5.41, 5.74) is 2.45. The first-order chi connectivity index (χ1) is 10.4. The molecule has 1 saturated heterocycles. The molecule has 1 heterocycles. The van der Waals surface area contributed by atoms with Crippen LogP contribution >= 0.6 is 11.8 Å². The third-order valence-electron chi connectivity index (χ3n) is 3.32. The van der Waals surface area contributed by atoms with Crippen molar-refractivity contribution in [3.8, 4) is 0 Å². The average Bonchev–Trinajstić information content (AvgIpc) is 2.72. The van der Waals surface area contributed by atoms with Gasteiger partial charge in [0.25, 0.3) is 5.24 Å². The molecule has 2 N–H and O–H groups in total. The molecule has 1 aromatic carbocycles. The van der Waals surface area contributed by atoms with E-state index in [-0.39, 0.29) is 36.6 Å². The summed E-state index contributed by atoms with van der Waals surface area (Å²) < 4.78 is 0. The summed E-state index contributed by atoms with van der Waals surface area (Å²) in [6.07, 6.45) is -0.0728. The Bertz CT molecular complexity index is 618. The zero-order chi connectivity index (χ0) is 16.3. The standard InChI is InChI=1S/C15H18N2O4S/c1-9-3-4-11(10(2)7-9)17-14(20)12(22-15(17)21)8-13(19)16-5-6-18/h3-4,7,12,18H,5-6,8H2,1-2H3,(H,16,19). The Morgan fingerprint density at radius 1 is 1.36 bits per heavy atom. The summed E-state index contributed by atoms with van der Waals surface area (Å²) in [5, 5.41) is 10.1. The summed E-state index contributed by atoms with van der Waals surface area (Å²) in [6.45, 7) is 3.76. The van der Waals surface area contributed by atoms with Gasteiger partial charge in [-0.2, -0.15) is 0 Å². The molecule has 0 aliphatic carbocycles. The molecule has 0 radical (unpaired) electrons. The predicted octanol–water partition coefficient (Wildman–Crippen LogP) is 1.37. The Morgan fingerprint density at radius 2 is 2.09 bits per heavy atom. The Hall–Kier alpha value is -1.86. The van der Waals surface area contributed by atoms with E-state index in [4.69, 9.17) is 5.11 Å². The van der Waals surface area contributed by atoms with Crippen LogP contribution in [0.15, 0.2) is 18.2 Å². The van der Waals surface area contributed by atoms with Gasteiger partial charge >= 0.3 is 0 Å². The van der Waals surface area contributed by atoms with Crippen molar-refractivity contribution in [2.45, 2.75) is 25.5 Å². The molecule has 1 aliphatic heterocycles. The van der Waals surface area contributed by atoms with Crippen LogP contribution in [0.2, 0.25) is 0 Å². The lowest BCUT2D eigenvalue weighted by molar-refractivity contribution is -0.124. The second-order valence-corrected chi connectivity index (χ2v) is 6.27. The smallest absolute Gasteiger partial charge is 0.293 e. The highest BCUT2D eigenvalue weighted by Gasteiger charge is 2.41. The van der Waals surface area contributed by atoms with E-state index in [1.54, 1.807) is 6.07 Å². The molecule has 1 aromatic rings. The predicted molar refractivity (Wildman–Crippen MR) is 84.9 cm³/mol. The third kappa shape index (κ3) is 3.48. The Kier molecular flexibility index (Phi) is 5.20. The van der Waals surface area contributed by atoms with E-state index in [1.807, 2.05) is 26.0 Å². The number of carbonyl (C=O) groups excluding carboxylic acids is 3. The summed E-state index contributed by atoms with van der Waals surface area (Å²) in [5.74, 6) is -0.726. The number of aryl methyl sites for hydroxylation is 2. The Balaban J connectivity index is 2.13. The molecule has 0 aromatic heterocycles. The molecule has 0 bridgehead atoms. The number of rotatable bonds is 5. The lowest BCUT2D eigenvalue weighted by atomic mass is 10.1. The zero-order valence-electron chi connectivity index (χ0n) is 12.5. The molecule has 1 aliphatic rings. The molecule has 0 spiro atoms. The number of aliphatic hydroxyl groups is 1. The number of hydrogen-bond acceptors (Lipinski definition) is 5. The number of nitrogens with zero attached hydrogens (tertiary/aromatic N) is 1. The van der Waals surface area contributed by atoms with E-state index >= 15 is 0 Å². The Labute approximate surface area is 132 Å². The summed E-state index contributed by atoms with van der Waals surface area (Å²) in [6, 6.07) is 5.49. The largest absolute Gasteiger partial charge is 0.395 e. The van der Waals surface area contributed by atoms with Crippen LogP contribution in [0.4, 0.5) is 10.5 Å². The van der Waals surface area contributed by atoms with Crippen LogP contribution in [0.3, 0.4) is 0 Å². The van der Waals surface area contributed by atoms with Crippen molar-refractivity contribution in [3.05, 3.63) is 29.3 Å². The molecule has 0 saturated carbocycles. The molecule has 1 fully saturated rings. The molecule has 6 nitrogen and oxygen atoms in total. The minimum absolute atomic E-state index is 0.0728. The van der Waals surface area contributed by atoms with E-state index in [1.165, 1.54) is 0 Å². The van der Waals surface area contributed by atoms with Crippen LogP contribution in [0.25, 0.3) is 0 Å². The summed E-state index contributed by atoms with van der Waals surface area (Å²) in [4.78, 5) is 37.3. The van der Waals surface area contributed by atoms with Crippen molar-refractivity contribution >= 4 is 34.5 Å². The molecule has 22 heavy (non-hydrogen) atoms. The van der Waals surface area contributed by atoms with Crippen LogP contribution < -0.4 is 10.2 Å². The number of imide groups is 1. The van der Waals surface area contributed by atoms with Crippen molar-refractivity contribution in [2.75, 3.05) is 18.1 Å². The normalized spacial score (nSPS) is 18.0. The van der Waals surface area contributed by atoms with Crippen LogP contribution in [0.5, 0.6) is 0 Å². The van der Waals surface area contributed by atoms with Gasteiger partial charge in [0, 0.05) is 13.0 Å². The highest BCUT2D eigenvalue weighted by atomic mass is 32.2. The van der Waals surface area contributed by atoms with Crippen molar-refractivity contribution in [1.29, 1.82) is 0 Å². The first-order valence-electron chi connectivity index (χ1n) is 6.93. The number of carbonyl (C=O) groups is 3. The number of benzene rings is 1. The lowest BCUT2D eigenvalue weighted by Gasteiger charge is -2.16. The minimum Gasteiger partial charge on any atom is -0.395 e. The van der Waals surface area contributed by atoms with Gasteiger partial charge in [0.1, 0.15) is 5.25 Å². The fourth-order valence-electron chi connectivity index (χ4n) is 2.30. The van der Waals surface area contributed by atoms with Crippen molar-refractivity contribution in [2.24, 2.45) is 0 Å². The monoisotopic (exact) mass is 322 g/mol. The van der Waals surface area contributed by atoms with E-state index in [9.17, 15) is 14.4 Å². The van der Waals surface area contributed by atoms with Gasteiger partial charge in [0.15, 0.2) is 0 Å². The van der Waals surface area contributed by atoms with Crippen molar-refractivity contribution in [1.82, 2.24) is 5.32 Å². The fraction of sp³-hybridized carbons (Fsp3) is 0.400. The maximum atomic E-state index is 12.4. The molecular weight excluding hydrogens is 304 g/mol. The molecule has 7 heteroatoms. The first kappa shape index (κ1) is 16.5. The highest BCUT2D eigenvalue weighted by Crippen LogP contribution is 2.35. The van der Waals surface area contributed by atoms with E-state index < -0.39 is 5.25 Å². The number of nitrogens with one attached hydrogen (secondary N) is 1. The average molecular weight is 322 g/mol. The van der Waals surface area contributed by atoms with Crippen molar-refractivity contribution in [3.63, 3.8) is 0 Å². The van der Waals surface area contributed by atoms with Gasteiger partial charge in [-0.1, -0.05) is 17.7 Å². The van der Waals surface area contributed by atoms with Gasteiger partial charge in [0.05, 0.1) is 12.3 Å². The number of hydrogen-bond donors (Lipinski definition) is 2. The number of amides is 3. The minimum atomic E-state index is -0.716. The van der Waals surface area contributed by atoms with Gasteiger partial charge in [0.2, 0.25) is 11.8 Å². The Morgan fingerprint density at radius 3 is 2.73 bits per heavy atom. The maximum absolute atomic E-state index is 12.4. The van der Waals surface area contributed by atoms with Gasteiger partial charge in [-0.25, -0.2) is 4.90 Å². The van der Waals surface area contributed by atoms with Gasteiger partial charge in [-0.3, -0.25) is 14.4 Å². The molecule has 2 rings (SSSR count). The maximum Gasteiger partial charge on any atom is 0.293 e. The lowest BCUT2D eigenvalue weighted by Crippen LogP contribution is -2.35. The van der Waals surface area contributed by atoms with Gasteiger partial charge < -0.3 is 10.4 Å². The molecule has 1 atom stereocenters. The first-order valence-corrected chi connectivity index (χ1v) is 7.81. The number of aliphatic hydroxyl groups excluding tert-OH is 1. The van der Waals surface area contributed by atoms with Gasteiger partial charge in [-0.05, 0) is 37.2 Å². The fourth-order valence-corrected chi connectivity index (χ4v) is 3.28.